The number of aliphatic hydroxyl groups is 1. The second-order valence-corrected chi connectivity index (χ2v) is 4.06. The number of halogens is 2. The molecular formula is C14H12F2O. The number of rotatable bonds is 2. The first-order chi connectivity index (χ1) is 8.01. The summed E-state index contributed by atoms with van der Waals surface area (Å²) in [5.74, 6) is -0.971. The third kappa shape index (κ3) is 2.19. The van der Waals surface area contributed by atoms with Crippen LogP contribution in [-0.2, 0) is 5.60 Å². The summed E-state index contributed by atoms with van der Waals surface area (Å²) in [4.78, 5) is 0. The molecule has 0 saturated carbocycles. The van der Waals surface area contributed by atoms with Gasteiger partial charge in [0.1, 0.15) is 17.2 Å². The van der Waals surface area contributed by atoms with Gasteiger partial charge in [0.15, 0.2) is 0 Å². The Hall–Kier alpha value is -1.74. The van der Waals surface area contributed by atoms with Crippen molar-refractivity contribution in [3.05, 3.63) is 71.3 Å². The maximum Gasteiger partial charge on any atom is 0.129 e. The molecule has 0 spiro atoms. The molecule has 0 amide bonds. The van der Waals surface area contributed by atoms with Crippen LogP contribution in [0.3, 0.4) is 0 Å². The van der Waals surface area contributed by atoms with Crippen molar-refractivity contribution < 1.29 is 13.9 Å². The molecule has 0 radical (unpaired) electrons. The van der Waals surface area contributed by atoms with Gasteiger partial charge in [-0.2, -0.15) is 0 Å². The van der Waals surface area contributed by atoms with Crippen molar-refractivity contribution in [2.24, 2.45) is 0 Å². The van der Waals surface area contributed by atoms with Crippen LogP contribution in [0.1, 0.15) is 18.1 Å². The molecule has 0 aliphatic heterocycles. The maximum absolute atomic E-state index is 13.6. The quantitative estimate of drug-likeness (QED) is 0.845. The first-order valence-electron chi connectivity index (χ1n) is 5.25. The molecule has 0 bridgehead atoms. The molecule has 0 fully saturated rings. The van der Waals surface area contributed by atoms with Crippen molar-refractivity contribution in [1.82, 2.24) is 0 Å². The normalized spacial score (nSPS) is 14.4. The molecule has 1 unspecified atom stereocenters. The SMILES string of the molecule is CC(O)(c1cccc(F)c1)c1ccccc1F. The average molecular weight is 234 g/mol. The highest BCUT2D eigenvalue weighted by atomic mass is 19.1. The van der Waals surface area contributed by atoms with Crippen molar-refractivity contribution in [1.29, 1.82) is 0 Å². The van der Waals surface area contributed by atoms with Gasteiger partial charge in [0.05, 0.1) is 0 Å². The largest absolute Gasteiger partial charge is 0.381 e. The molecule has 17 heavy (non-hydrogen) atoms. The lowest BCUT2D eigenvalue weighted by Gasteiger charge is -2.24. The van der Waals surface area contributed by atoms with E-state index in [0.717, 1.165) is 0 Å². The maximum atomic E-state index is 13.6. The summed E-state index contributed by atoms with van der Waals surface area (Å²) in [6.07, 6.45) is 0. The first-order valence-corrected chi connectivity index (χ1v) is 5.25. The van der Waals surface area contributed by atoms with Gasteiger partial charge >= 0.3 is 0 Å². The molecule has 2 aromatic rings. The van der Waals surface area contributed by atoms with Crippen LogP contribution >= 0.6 is 0 Å². The van der Waals surface area contributed by atoms with Gasteiger partial charge in [-0.3, -0.25) is 0 Å². The monoisotopic (exact) mass is 234 g/mol. The van der Waals surface area contributed by atoms with Crippen LogP contribution in [0, 0.1) is 11.6 Å². The fourth-order valence-corrected chi connectivity index (χ4v) is 1.80. The van der Waals surface area contributed by atoms with Crippen molar-refractivity contribution >= 4 is 0 Å². The smallest absolute Gasteiger partial charge is 0.129 e. The standard InChI is InChI=1S/C14H12F2O/c1-14(17,10-5-4-6-11(15)9-10)12-7-2-3-8-13(12)16/h2-9,17H,1H3. The Kier molecular flexibility index (Phi) is 2.94. The third-order valence-corrected chi connectivity index (χ3v) is 2.79. The second-order valence-electron chi connectivity index (χ2n) is 4.06. The molecule has 1 atom stereocenters. The third-order valence-electron chi connectivity index (χ3n) is 2.79. The van der Waals surface area contributed by atoms with Gasteiger partial charge in [-0.05, 0) is 30.7 Å². The molecular weight excluding hydrogens is 222 g/mol. The van der Waals surface area contributed by atoms with E-state index in [1.807, 2.05) is 0 Å². The van der Waals surface area contributed by atoms with Crippen molar-refractivity contribution in [3.63, 3.8) is 0 Å². The van der Waals surface area contributed by atoms with Gasteiger partial charge in [0.25, 0.3) is 0 Å². The van der Waals surface area contributed by atoms with Crippen LogP contribution in [0.4, 0.5) is 8.78 Å². The molecule has 2 aromatic carbocycles. The predicted octanol–water partition coefficient (Wildman–Crippen LogP) is 3.22. The van der Waals surface area contributed by atoms with Crippen LogP contribution in [0.25, 0.3) is 0 Å². The minimum Gasteiger partial charge on any atom is -0.381 e. The zero-order valence-corrected chi connectivity index (χ0v) is 9.32. The van der Waals surface area contributed by atoms with E-state index in [2.05, 4.69) is 0 Å². The molecule has 0 aromatic heterocycles. The highest BCUT2D eigenvalue weighted by Gasteiger charge is 2.28. The lowest BCUT2D eigenvalue weighted by molar-refractivity contribution is 0.0976. The Morgan fingerprint density at radius 2 is 1.71 bits per heavy atom. The summed E-state index contributed by atoms with van der Waals surface area (Å²) < 4.78 is 26.7. The Bertz CT molecular complexity index is 535. The Labute approximate surface area is 98.3 Å². The van der Waals surface area contributed by atoms with Gasteiger partial charge in [-0.1, -0.05) is 30.3 Å². The van der Waals surface area contributed by atoms with Gasteiger partial charge in [-0.15, -0.1) is 0 Å². The molecule has 0 aliphatic carbocycles. The fourth-order valence-electron chi connectivity index (χ4n) is 1.80. The topological polar surface area (TPSA) is 20.2 Å². The van der Waals surface area contributed by atoms with Crippen LogP contribution < -0.4 is 0 Å². The minimum absolute atomic E-state index is 0.130. The van der Waals surface area contributed by atoms with E-state index in [1.54, 1.807) is 18.2 Å². The predicted molar refractivity (Wildman–Crippen MR) is 61.5 cm³/mol. The lowest BCUT2D eigenvalue weighted by Crippen LogP contribution is -2.24. The summed E-state index contributed by atoms with van der Waals surface area (Å²) in [6.45, 7) is 1.44. The summed E-state index contributed by atoms with van der Waals surface area (Å²) in [7, 11) is 0. The average Bonchev–Trinajstić information content (AvgIpc) is 2.29. The highest BCUT2D eigenvalue weighted by molar-refractivity contribution is 5.35. The molecule has 1 N–H and O–H groups in total. The molecule has 88 valence electrons. The van der Waals surface area contributed by atoms with Gasteiger partial charge in [0, 0.05) is 5.56 Å². The lowest BCUT2D eigenvalue weighted by atomic mass is 9.88. The minimum atomic E-state index is -1.55. The summed E-state index contributed by atoms with van der Waals surface area (Å²) in [5, 5.41) is 10.4. The molecule has 0 heterocycles. The van der Waals surface area contributed by atoms with Crippen molar-refractivity contribution in [2.75, 3.05) is 0 Å². The van der Waals surface area contributed by atoms with Crippen LogP contribution in [0.2, 0.25) is 0 Å². The number of benzene rings is 2. The van der Waals surface area contributed by atoms with Crippen molar-refractivity contribution in [3.8, 4) is 0 Å². The zero-order valence-electron chi connectivity index (χ0n) is 9.32. The number of hydrogen-bond acceptors (Lipinski definition) is 1. The van der Waals surface area contributed by atoms with Crippen molar-refractivity contribution in [2.45, 2.75) is 12.5 Å². The van der Waals surface area contributed by atoms with E-state index in [1.165, 1.54) is 37.3 Å². The van der Waals surface area contributed by atoms with Gasteiger partial charge in [-0.25, -0.2) is 8.78 Å². The van der Waals surface area contributed by atoms with Crippen LogP contribution in [-0.4, -0.2) is 5.11 Å². The summed E-state index contributed by atoms with van der Waals surface area (Å²) in [5.41, 5.74) is -1.10. The van der Waals surface area contributed by atoms with Crippen LogP contribution in [0.15, 0.2) is 48.5 Å². The van der Waals surface area contributed by atoms with Gasteiger partial charge < -0.3 is 5.11 Å². The molecule has 3 heteroatoms. The summed E-state index contributed by atoms with van der Waals surface area (Å²) in [6, 6.07) is 11.5. The first kappa shape index (κ1) is 11.7. The molecule has 2 rings (SSSR count). The molecule has 0 aliphatic rings. The fraction of sp³-hybridized carbons (Fsp3) is 0.143. The Morgan fingerprint density at radius 1 is 1.00 bits per heavy atom. The van der Waals surface area contributed by atoms with E-state index in [-0.39, 0.29) is 5.56 Å². The Balaban J connectivity index is 2.53. The van der Waals surface area contributed by atoms with E-state index < -0.39 is 17.2 Å². The number of hydrogen-bond donors (Lipinski definition) is 1. The highest BCUT2D eigenvalue weighted by Crippen LogP contribution is 2.30. The van der Waals surface area contributed by atoms with Crippen LogP contribution in [0.5, 0.6) is 0 Å². The van der Waals surface area contributed by atoms with E-state index in [0.29, 0.717) is 5.56 Å². The zero-order chi connectivity index (χ0) is 12.5. The van der Waals surface area contributed by atoms with E-state index in [4.69, 9.17) is 0 Å². The summed E-state index contributed by atoms with van der Waals surface area (Å²) >= 11 is 0. The second kappa shape index (κ2) is 4.26. The van der Waals surface area contributed by atoms with Gasteiger partial charge in [0.2, 0.25) is 0 Å². The van der Waals surface area contributed by atoms with E-state index in [9.17, 15) is 13.9 Å². The molecule has 1 nitrogen and oxygen atoms in total. The molecule has 0 saturated heterocycles. The Morgan fingerprint density at radius 3 is 2.35 bits per heavy atom. The van der Waals surface area contributed by atoms with E-state index >= 15 is 0 Å².